The highest BCUT2D eigenvalue weighted by molar-refractivity contribution is 6.31. The van der Waals surface area contributed by atoms with E-state index in [0.717, 1.165) is 5.56 Å². The lowest BCUT2D eigenvalue weighted by atomic mass is 10.1. The minimum atomic E-state index is -0.550. The minimum Gasteiger partial charge on any atom is -0.444 e. The Morgan fingerprint density at radius 2 is 2.06 bits per heavy atom. The van der Waals surface area contributed by atoms with Crippen LogP contribution in [0.3, 0.4) is 0 Å². The number of ether oxygens (including phenoxy) is 1. The van der Waals surface area contributed by atoms with Gasteiger partial charge in [-0.2, -0.15) is 0 Å². The minimum absolute atomic E-state index is 0.472. The Morgan fingerprint density at radius 3 is 2.56 bits per heavy atom. The summed E-state index contributed by atoms with van der Waals surface area (Å²) in [6, 6.07) is 3.32. The number of terminal acetylenes is 1. The molecule has 0 unspecified atom stereocenters. The molecule has 0 spiro atoms. The summed E-state index contributed by atoms with van der Waals surface area (Å²) in [5.74, 6) is 2.52. The molecule has 4 heteroatoms. The zero-order chi connectivity index (χ0) is 13.9. The van der Waals surface area contributed by atoms with Gasteiger partial charge >= 0.3 is 6.09 Å². The highest BCUT2D eigenvalue weighted by atomic mass is 35.5. The van der Waals surface area contributed by atoms with Gasteiger partial charge in [0.15, 0.2) is 0 Å². The molecule has 1 aromatic rings. The van der Waals surface area contributed by atoms with Gasteiger partial charge in [0.2, 0.25) is 0 Å². The van der Waals surface area contributed by atoms with Gasteiger partial charge in [-0.1, -0.05) is 17.5 Å². The molecule has 0 heterocycles. The SMILES string of the molecule is C#Cc1cc(Cl)cc(NC(=O)OC(C)(C)C)c1C. The van der Waals surface area contributed by atoms with Crippen molar-refractivity contribution in [3.8, 4) is 12.3 Å². The number of halogens is 1. The second-order valence-electron chi connectivity index (χ2n) is 4.90. The number of rotatable bonds is 1. The number of carbonyl (C=O) groups is 1. The second-order valence-corrected chi connectivity index (χ2v) is 5.33. The van der Waals surface area contributed by atoms with Crippen LogP contribution in [-0.2, 0) is 4.74 Å². The molecule has 0 aliphatic heterocycles. The molecule has 0 saturated carbocycles. The van der Waals surface area contributed by atoms with E-state index in [-0.39, 0.29) is 0 Å². The summed E-state index contributed by atoms with van der Waals surface area (Å²) in [6.07, 6.45) is 4.84. The third kappa shape index (κ3) is 3.97. The number of amides is 1. The van der Waals surface area contributed by atoms with Gasteiger partial charge < -0.3 is 4.74 Å². The summed E-state index contributed by atoms with van der Waals surface area (Å²) >= 11 is 5.93. The standard InChI is InChI=1S/C14H16ClNO2/c1-6-10-7-11(15)8-12(9(10)2)16-13(17)18-14(3,4)5/h1,7-8H,2-5H3,(H,16,17). The van der Waals surface area contributed by atoms with E-state index in [9.17, 15) is 4.79 Å². The van der Waals surface area contributed by atoms with E-state index in [4.69, 9.17) is 22.8 Å². The largest absolute Gasteiger partial charge is 0.444 e. The lowest BCUT2D eigenvalue weighted by Crippen LogP contribution is -2.27. The van der Waals surface area contributed by atoms with Crippen LogP contribution < -0.4 is 5.32 Å². The molecule has 1 rings (SSSR count). The van der Waals surface area contributed by atoms with Crippen LogP contribution in [0.2, 0.25) is 5.02 Å². The fraction of sp³-hybridized carbons (Fsp3) is 0.357. The molecular weight excluding hydrogens is 250 g/mol. The van der Waals surface area contributed by atoms with Crippen molar-refractivity contribution >= 4 is 23.4 Å². The van der Waals surface area contributed by atoms with Gasteiger partial charge in [0.1, 0.15) is 5.60 Å². The van der Waals surface area contributed by atoms with Crippen LogP contribution >= 0.6 is 11.6 Å². The Balaban J connectivity index is 2.95. The van der Waals surface area contributed by atoms with Gasteiger partial charge in [0.25, 0.3) is 0 Å². The van der Waals surface area contributed by atoms with E-state index in [1.54, 1.807) is 32.9 Å². The molecule has 3 nitrogen and oxygen atoms in total. The number of benzene rings is 1. The first-order chi connectivity index (χ1) is 8.23. The molecule has 0 atom stereocenters. The maximum atomic E-state index is 11.7. The molecule has 0 aliphatic carbocycles. The average Bonchev–Trinajstić information content (AvgIpc) is 2.20. The molecule has 0 aliphatic rings. The van der Waals surface area contributed by atoms with Crippen molar-refractivity contribution in [3.05, 3.63) is 28.3 Å². The van der Waals surface area contributed by atoms with Gasteiger partial charge in [-0.25, -0.2) is 4.79 Å². The monoisotopic (exact) mass is 265 g/mol. The van der Waals surface area contributed by atoms with Gasteiger partial charge in [-0.05, 0) is 45.4 Å². The van der Waals surface area contributed by atoms with Crippen LogP contribution in [0, 0.1) is 19.3 Å². The van der Waals surface area contributed by atoms with E-state index in [2.05, 4.69) is 11.2 Å². The third-order valence-corrected chi connectivity index (χ3v) is 2.38. The van der Waals surface area contributed by atoms with E-state index in [1.807, 2.05) is 6.92 Å². The van der Waals surface area contributed by atoms with Crippen LogP contribution in [0.5, 0.6) is 0 Å². The Kier molecular flexibility index (Phi) is 4.26. The van der Waals surface area contributed by atoms with Gasteiger partial charge in [-0.3, -0.25) is 5.32 Å². The molecule has 0 fully saturated rings. The van der Waals surface area contributed by atoms with Crippen LogP contribution in [0.15, 0.2) is 12.1 Å². The van der Waals surface area contributed by atoms with E-state index < -0.39 is 11.7 Å². The molecule has 1 N–H and O–H groups in total. The highest BCUT2D eigenvalue weighted by Crippen LogP contribution is 2.24. The number of hydrogen-bond acceptors (Lipinski definition) is 2. The molecule has 0 saturated heterocycles. The lowest BCUT2D eigenvalue weighted by Gasteiger charge is -2.20. The molecule has 18 heavy (non-hydrogen) atoms. The van der Waals surface area contributed by atoms with Gasteiger partial charge in [0, 0.05) is 16.3 Å². The summed E-state index contributed by atoms with van der Waals surface area (Å²) < 4.78 is 5.17. The predicted octanol–water partition coefficient (Wildman–Crippen LogP) is 3.98. The van der Waals surface area contributed by atoms with E-state index >= 15 is 0 Å². The lowest BCUT2D eigenvalue weighted by molar-refractivity contribution is 0.0636. The van der Waals surface area contributed by atoms with Crippen LogP contribution in [0.1, 0.15) is 31.9 Å². The first-order valence-electron chi connectivity index (χ1n) is 5.49. The number of nitrogens with one attached hydrogen (secondary N) is 1. The van der Waals surface area contributed by atoms with Crippen LogP contribution in [-0.4, -0.2) is 11.7 Å². The maximum absolute atomic E-state index is 11.7. The summed E-state index contributed by atoms with van der Waals surface area (Å²) in [5, 5.41) is 3.11. The first kappa shape index (κ1) is 14.4. The normalized spacial score (nSPS) is 10.7. The molecule has 0 aromatic heterocycles. The van der Waals surface area contributed by atoms with Crippen LogP contribution in [0.4, 0.5) is 10.5 Å². The fourth-order valence-electron chi connectivity index (χ4n) is 1.37. The van der Waals surface area contributed by atoms with Crippen molar-refractivity contribution in [1.82, 2.24) is 0 Å². The molecular formula is C14H16ClNO2. The maximum Gasteiger partial charge on any atom is 0.412 e. The predicted molar refractivity (Wildman–Crippen MR) is 74.0 cm³/mol. The van der Waals surface area contributed by atoms with Crippen LogP contribution in [0.25, 0.3) is 0 Å². The molecule has 0 bridgehead atoms. The van der Waals surface area contributed by atoms with Crippen molar-refractivity contribution < 1.29 is 9.53 Å². The zero-order valence-electron chi connectivity index (χ0n) is 10.9. The van der Waals surface area contributed by atoms with Gasteiger partial charge in [-0.15, -0.1) is 6.42 Å². The van der Waals surface area contributed by atoms with Crippen molar-refractivity contribution in [2.24, 2.45) is 0 Å². The number of carbonyl (C=O) groups excluding carboxylic acids is 1. The van der Waals surface area contributed by atoms with Crippen molar-refractivity contribution in [2.45, 2.75) is 33.3 Å². The Labute approximate surface area is 112 Å². The smallest absolute Gasteiger partial charge is 0.412 e. The Bertz CT molecular complexity index is 510. The zero-order valence-corrected chi connectivity index (χ0v) is 11.7. The fourth-order valence-corrected chi connectivity index (χ4v) is 1.59. The summed E-state index contributed by atoms with van der Waals surface area (Å²) in [7, 11) is 0. The first-order valence-corrected chi connectivity index (χ1v) is 5.87. The quantitative estimate of drug-likeness (QED) is 0.780. The molecule has 96 valence electrons. The third-order valence-electron chi connectivity index (χ3n) is 2.16. The van der Waals surface area contributed by atoms with E-state index in [1.165, 1.54) is 0 Å². The number of hydrogen-bond donors (Lipinski definition) is 1. The van der Waals surface area contributed by atoms with Gasteiger partial charge in [0.05, 0.1) is 0 Å². The second kappa shape index (κ2) is 5.32. The Hall–Kier alpha value is -1.66. The van der Waals surface area contributed by atoms with E-state index in [0.29, 0.717) is 16.3 Å². The topological polar surface area (TPSA) is 38.3 Å². The summed E-state index contributed by atoms with van der Waals surface area (Å²) in [4.78, 5) is 11.7. The Morgan fingerprint density at radius 1 is 1.44 bits per heavy atom. The van der Waals surface area contributed by atoms with Crippen molar-refractivity contribution in [2.75, 3.05) is 5.32 Å². The number of anilines is 1. The summed E-state index contributed by atoms with van der Waals surface area (Å²) in [5.41, 5.74) is 1.44. The van der Waals surface area contributed by atoms with Crippen molar-refractivity contribution in [1.29, 1.82) is 0 Å². The van der Waals surface area contributed by atoms with Crippen molar-refractivity contribution in [3.63, 3.8) is 0 Å². The molecule has 0 radical (unpaired) electrons. The molecule has 1 amide bonds. The highest BCUT2D eigenvalue weighted by Gasteiger charge is 2.17. The molecule has 1 aromatic carbocycles. The summed E-state index contributed by atoms with van der Waals surface area (Å²) in [6.45, 7) is 7.21. The average molecular weight is 266 g/mol.